The quantitative estimate of drug-likeness (QED) is 0.887. The van der Waals surface area contributed by atoms with Crippen molar-refractivity contribution in [3.8, 4) is 11.5 Å². The minimum absolute atomic E-state index is 0.0101. The highest BCUT2D eigenvalue weighted by molar-refractivity contribution is 5.78. The third-order valence-electron chi connectivity index (χ3n) is 3.90. The van der Waals surface area contributed by atoms with Crippen LogP contribution in [0.3, 0.4) is 0 Å². The molecule has 1 N–H and O–H groups in total. The molecule has 2 aromatic carbocycles. The Morgan fingerprint density at radius 3 is 2.52 bits per heavy atom. The molecule has 1 atom stereocenters. The van der Waals surface area contributed by atoms with Gasteiger partial charge in [-0.05, 0) is 44.0 Å². The van der Waals surface area contributed by atoms with Gasteiger partial charge in [0.1, 0.15) is 11.5 Å². The van der Waals surface area contributed by atoms with Crippen LogP contribution in [0.1, 0.15) is 29.7 Å². The average molecular weight is 313 g/mol. The zero-order chi connectivity index (χ0) is 16.8. The van der Waals surface area contributed by atoms with E-state index in [1.807, 2.05) is 63.2 Å². The number of methoxy groups -OCH3 is 1. The number of hydrogen-bond donors (Lipinski definition) is 1. The minimum Gasteiger partial charge on any atom is -0.496 e. The summed E-state index contributed by atoms with van der Waals surface area (Å²) in [6.07, 6.45) is 0. The van der Waals surface area contributed by atoms with Gasteiger partial charge in [-0.3, -0.25) is 4.79 Å². The van der Waals surface area contributed by atoms with Gasteiger partial charge in [0.05, 0.1) is 13.2 Å². The van der Waals surface area contributed by atoms with Crippen molar-refractivity contribution in [3.63, 3.8) is 0 Å². The maximum atomic E-state index is 12.1. The van der Waals surface area contributed by atoms with Crippen molar-refractivity contribution in [3.05, 3.63) is 59.2 Å². The smallest absolute Gasteiger partial charge is 0.258 e. The van der Waals surface area contributed by atoms with Crippen LogP contribution in [-0.4, -0.2) is 19.6 Å². The van der Waals surface area contributed by atoms with Gasteiger partial charge in [0, 0.05) is 5.56 Å². The summed E-state index contributed by atoms with van der Waals surface area (Å²) in [6.45, 7) is 5.92. The van der Waals surface area contributed by atoms with Gasteiger partial charge in [-0.25, -0.2) is 0 Å². The lowest BCUT2D eigenvalue weighted by Gasteiger charge is -2.17. The summed E-state index contributed by atoms with van der Waals surface area (Å²) in [5, 5.41) is 2.93. The van der Waals surface area contributed by atoms with Gasteiger partial charge in [-0.1, -0.05) is 30.3 Å². The lowest BCUT2D eigenvalue weighted by atomic mass is 10.1. The van der Waals surface area contributed by atoms with Crippen molar-refractivity contribution in [2.24, 2.45) is 0 Å². The molecular formula is C19H23NO3. The third kappa shape index (κ3) is 4.25. The average Bonchev–Trinajstić information content (AvgIpc) is 2.56. The summed E-state index contributed by atoms with van der Waals surface area (Å²) in [7, 11) is 1.62. The van der Waals surface area contributed by atoms with Gasteiger partial charge in [-0.2, -0.15) is 0 Å². The lowest BCUT2D eigenvalue weighted by molar-refractivity contribution is -0.123. The number of carbonyl (C=O) groups excluding carboxylic acids is 1. The second-order valence-corrected chi connectivity index (χ2v) is 5.52. The van der Waals surface area contributed by atoms with Crippen LogP contribution in [0.5, 0.6) is 11.5 Å². The fourth-order valence-electron chi connectivity index (χ4n) is 2.41. The second-order valence-electron chi connectivity index (χ2n) is 5.52. The summed E-state index contributed by atoms with van der Waals surface area (Å²) in [4.78, 5) is 12.1. The Hall–Kier alpha value is -2.49. The van der Waals surface area contributed by atoms with Crippen molar-refractivity contribution in [1.82, 2.24) is 5.32 Å². The largest absolute Gasteiger partial charge is 0.496 e. The molecule has 0 aliphatic carbocycles. The van der Waals surface area contributed by atoms with E-state index >= 15 is 0 Å². The number of amides is 1. The number of aryl methyl sites for hydroxylation is 1. The molecule has 23 heavy (non-hydrogen) atoms. The number of hydrogen-bond acceptors (Lipinski definition) is 3. The van der Waals surface area contributed by atoms with Crippen LogP contribution >= 0.6 is 0 Å². The molecule has 0 bridgehead atoms. The number of para-hydroxylation sites is 1. The Bertz CT molecular complexity index is 682. The molecule has 0 radical (unpaired) electrons. The van der Waals surface area contributed by atoms with Crippen LogP contribution in [0.25, 0.3) is 0 Å². The molecule has 1 amide bonds. The van der Waals surface area contributed by atoms with E-state index < -0.39 is 0 Å². The zero-order valence-corrected chi connectivity index (χ0v) is 14.1. The fraction of sp³-hybridized carbons (Fsp3) is 0.316. The normalized spacial score (nSPS) is 11.7. The number of carbonyl (C=O) groups is 1. The maximum absolute atomic E-state index is 12.1. The molecule has 0 spiro atoms. The zero-order valence-electron chi connectivity index (χ0n) is 14.1. The van der Waals surface area contributed by atoms with Crippen LogP contribution in [0, 0.1) is 13.8 Å². The Morgan fingerprint density at radius 2 is 1.78 bits per heavy atom. The van der Waals surface area contributed by atoms with Gasteiger partial charge >= 0.3 is 0 Å². The number of ether oxygens (including phenoxy) is 2. The molecule has 122 valence electrons. The minimum atomic E-state index is -0.163. The number of nitrogens with one attached hydrogen (secondary N) is 1. The van der Waals surface area contributed by atoms with Crippen LogP contribution in [0.15, 0.2) is 42.5 Å². The molecule has 0 aliphatic heterocycles. The first kappa shape index (κ1) is 16.9. The summed E-state index contributed by atoms with van der Waals surface area (Å²) in [6, 6.07) is 13.3. The summed E-state index contributed by atoms with van der Waals surface area (Å²) in [5.74, 6) is 1.34. The Morgan fingerprint density at radius 1 is 1.09 bits per heavy atom. The molecule has 2 aromatic rings. The van der Waals surface area contributed by atoms with Crippen LogP contribution in [0.4, 0.5) is 0 Å². The standard InChI is InChI=1S/C19H23NO3/c1-13-8-7-11-17(14(13)2)23-12-19(21)20-15(3)16-9-5-6-10-18(16)22-4/h5-11,15H,12H2,1-4H3,(H,20,21). The highest BCUT2D eigenvalue weighted by atomic mass is 16.5. The molecule has 1 unspecified atom stereocenters. The van der Waals surface area contributed by atoms with E-state index in [1.54, 1.807) is 7.11 Å². The first-order valence-corrected chi connectivity index (χ1v) is 7.64. The van der Waals surface area contributed by atoms with E-state index in [0.717, 1.165) is 28.2 Å². The Kier molecular flexibility index (Phi) is 5.63. The lowest BCUT2D eigenvalue weighted by Crippen LogP contribution is -2.31. The SMILES string of the molecule is COc1ccccc1C(C)NC(=O)COc1cccc(C)c1C. The molecule has 4 heteroatoms. The second kappa shape index (κ2) is 7.68. The van der Waals surface area contributed by atoms with Gasteiger partial charge in [0.25, 0.3) is 5.91 Å². The first-order valence-electron chi connectivity index (χ1n) is 7.64. The summed E-state index contributed by atoms with van der Waals surface area (Å²) in [5.41, 5.74) is 3.14. The van der Waals surface area contributed by atoms with E-state index in [2.05, 4.69) is 5.32 Å². The number of benzene rings is 2. The van der Waals surface area contributed by atoms with E-state index in [9.17, 15) is 4.79 Å². The van der Waals surface area contributed by atoms with Crippen molar-refractivity contribution < 1.29 is 14.3 Å². The van der Waals surface area contributed by atoms with Gasteiger partial charge in [0.15, 0.2) is 6.61 Å². The highest BCUT2D eigenvalue weighted by Crippen LogP contribution is 2.24. The molecule has 0 aromatic heterocycles. The Balaban J connectivity index is 1.95. The molecule has 4 nitrogen and oxygen atoms in total. The van der Waals surface area contributed by atoms with E-state index in [1.165, 1.54) is 0 Å². The number of rotatable bonds is 6. The molecule has 0 heterocycles. The fourth-order valence-corrected chi connectivity index (χ4v) is 2.41. The van der Waals surface area contributed by atoms with Crippen molar-refractivity contribution in [2.45, 2.75) is 26.8 Å². The van der Waals surface area contributed by atoms with Crippen molar-refractivity contribution in [1.29, 1.82) is 0 Å². The van der Waals surface area contributed by atoms with Crippen molar-refractivity contribution in [2.75, 3.05) is 13.7 Å². The summed E-state index contributed by atoms with van der Waals surface area (Å²) < 4.78 is 11.0. The van der Waals surface area contributed by atoms with E-state index in [0.29, 0.717) is 0 Å². The van der Waals surface area contributed by atoms with E-state index in [4.69, 9.17) is 9.47 Å². The van der Waals surface area contributed by atoms with E-state index in [-0.39, 0.29) is 18.6 Å². The highest BCUT2D eigenvalue weighted by Gasteiger charge is 2.14. The predicted molar refractivity (Wildman–Crippen MR) is 91.0 cm³/mol. The molecule has 0 fully saturated rings. The molecule has 0 aliphatic rings. The van der Waals surface area contributed by atoms with Crippen LogP contribution < -0.4 is 14.8 Å². The molecule has 0 saturated heterocycles. The van der Waals surface area contributed by atoms with Crippen molar-refractivity contribution >= 4 is 5.91 Å². The topological polar surface area (TPSA) is 47.6 Å². The van der Waals surface area contributed by atoms with Crippen LogP contribution in [0.2, 0.25) is 0 Å². The van der Waals surface area contributed by atoms with Gasteiger partial charge in [0.2, 0.25) is 0 Å². The molecule has 0 saturated carbocycles. The first-order chi connectivity index (χ1) is 11.0. The van der Waals surface area contributed by atoms with Gasteiger partial charge in [-0.15, -0.1) is 0 Å². The molecular weight excluding hydrogens is 290 g/mol. The summed E-state index contributed by atoms with van der Waals surface area (Å²) >= 11 is 0. The third-order valence-corrected chi connectivity index (χ3v) is 3.90. The van der Waals surface area contributed by atoms with Crippen LogP contribution in [-0.2, 0) is 4.79 Å². The van der Waals surface area contributed by atoms with Gasteiger partial charge < -0.3 is 14.8 Å². The maximum Gasteiger partial charge on any atom is 0.258 e. The predicted octanol–water partition coefficient (Wildman–Crippen LogP) is 3.57. The monoisotopic (exact) mass is 313 g/mol. The Labute approximate surface area is 137 Å². The molecule has 2 rings (SSSR count).